The molecular formula is C15H27Br3N6O3. The van der Waals surface area contributed by atoms with E-state index in [4.69, 9.17) is 15.6 Å². The lowest BCUT2D eigenvalue weighted by Crippen LogP contribution is -2.38. The summed E-state index contributed by atoms with van der Waals surface area (Å²) in [7, 11) is 0. The zero-order valence-corrected chi connectivity index (χ0v) is 20.2. The summed E-state index contributed by atoms with van der Waals surface area (Å²) in [6, 6.07) is 3.00. The Labute approximate surface area is 190 Å². The molecule has 0 atom stereocenters. The number of amidine groups is 1. The molecule has 0 unspecified atom stereocenters. The van der Waals surface area contributed by atoms with Crippen molar-refractivity contribution in [2.45, 2.75) is 26.2 Å². The average Bonchev–Trinajstić information content (AvgIpc) is 3.05. The number of nitro groups is 1. The molecule has 0 saturated carbocycles. The molecule has 1 aliphatic rings. The zero-order valence-electron chi connectivity index (χ0n) is 15.1. The van der Waals surface area contributed by atoms with E-state index in [0.29, 0.717) is 6.54 Å². The highest BCUT2D eigenvalue weighted by atomic mass is 79.9. The Morgan fingerprint density at radius 1 is 1.44 bits per heavy atom. The second-order valence-electron chi connectivity index (χ2n) is 6.04. The topological polar surface area (TPSA) is 125 Å². The molecule has 1 aromatic rings. The first kappa shape index (κ1) is 28.2. The third-order valence-corrected chi connectivity index (χ3v) is 4.13. The second-order valence-corrected chi connectivity index (χ2v) is 6.04. The number of hydrazone groups is 1. The van der Waals surface area contributed by atoms with E-state index in [-0.39, 0.29) is 62.7 Å². The number of halogens is 3. The SMILES string of the molecule is Br.Br.Br.CC1CCN(CCCN(/N=C(/c2ccco2)[N+](=O)[O-])C(=N)N)CC1. The number of hydrogen-bond acceptors (Lipinski definition) is 6. The van der Waals surface area contributed by atoms with Crippen molar-refractivity contribution in [3.63, 3.8) is 0 Å². The molecule has 12 heteroatoms. The fourth-order valence-electron chi connectivity index (χ4n) is 2.65. The highest BCUT2D eigenvalue weighted by molar-refractivity contribution is 8.93. The van der Waals surface area contributed by atoms with Crippen LogP contribution in [0.5, 0.6) is 0 Å². The van der Waals surface area contributed by atoms with Crippen molar-refractivity contribution in [1.29, 1.82) is 5.41 Å². The van der Waals surface area contributed by atoms with Crippen molar-refractivity contribution in [2.24, 2.45) is 16.8 Å². The van der Waals surface area contributed by atoms with E-state index >= 15 is 0 Å². The Hall–Kier alpha value is -0.980. The number of nitrogens with one attached hydrogen (secondary N) is 1. The summed E-state index contributed by atoms with van der Waals surface area (Å²) < 4.78 is 5.03. The minimum Gasteiger partial charge on any atom is -0.456 e. The number of rotatable bonds is 6. The van der Waals surface area contributed by atoms with Crippen LogP contribution in [0.25, 0.3) is 0 Å². The lowest BCUT2D eigenvalue weighted by Gasteiger charge is -2.30. The maximum atomic E-state index is 11.2. The normalized spacial score (nSPS) is 15.1. The van der Waals surface area contributed by atoms with Crippen molar-refractivity contribution in [2.75, 3.05) is 26.2 Å². The Bertz CT molecular complexity index is 592. The maximum Gasteiger partial charge on any atom is 0.431 e. The largest absolute Gasteiger partial charge is 0.456 e. The van der Waals surface area contributed by atoms with E-state index in [1.54, 1.807) is 6.07 Å². The standard InChI is InChI=1S/C15H24N6O3.3BrH/c1-12-5-9-19(10-6-12)7-3-8-20(15(16)17)18-14(21(22)23)13-4-2-11-24-13;;;/h2,4,11-12H,3,5-10H2,1H3,(H3,16,17);3*1H/b18-14-;;;. The third kappa shape index (κ3) is 9.17. The molecule has 0 amide bonds. The van der Waals surface area contributed by atoms with Crippen molar-refractivity contribution in [1.82, 2.24) is 9.91 Å². The van der Waals surface area contributed by atoms with Gasteiger partial charge in [-0.25, -0.2) is 0 Å². The molecule has 0 aliphatic carbocycles. The van der Waals surface area contributed by atoms with E-state index in [9.17, 15) is 10.1 Å². The Kier molecular flexibility index (Phi) is 14.7. The summed E-state index contributed by atoms with van der Waals surface area (Å²) in [4.78, 5) is 12.9. The third-order valence-electron chi connectivity index (χ3n) is 4.13. The molecule has 27 heavy (non-hydrogen) atoms. The summed E-state index contributed by atoms with van der Waals surface area (Å²) in [6.07, 6.45) is 4.45. The van der Waals surface area contributed by atoms with Crippen molar-refractivity contribution in [3.05, 3.63) is 34.3 Å². The quantitative estimate of drug-likeness (QED) is 0.231. The molecule has 0 spiro atoms. The van der Waals surface area contributed by atoms with Gasteiger partial charge in [0.05, 0.1) is 17.9 Å². The predicted octanol–water partition coefficient (Wildman–Crippen LogP) is 3.27. The van der Waals surface area contributed by atoms with Gasteiger partial charge in [0.15, 0.2) is 0 Å². The monoisotopic (exact) mass is 576 g/mol. The van der Waals surface area contributed by atoms with Gasteiger partial charge in [0.25, 0.3) is 0 Å². The number of likely N-dealkylation sites (tertiary alicyclic amines) is 1. The van der Waals surface area contributed by atoms with Gasteiger partial charge >= 0.3 is 5.84 Å². The van der Waals surface area contributed by atoms with E-state index in [0.717, 1.165) is 37.0 Å². The molecule has 2 heterocycles. The van der Waals surface area contributed by atoms with Crippen LogP contribution in [0.2, 0.25) is 0 Å². The first-order valence-electron chi connectivity index (χ1n) is 8.08. The van der Waals surface area contributed by atoms with Gasteiger partial charge in [0, 0.05) is 0 Å². The van der Waals surface area contributed by atoms with Crippen LogP contribution in [-0.2, 0) is 0 Å². The van der Waals surface area contributed by atoms with Gasteiger partial charge in [-0.1, -0.05) is 6.92 Å². The van der Waals surface area contributed by atoms with Gasteiger partial charge in [-0.3, -0.25) is 5.41 Å². The molecule has 9 nitrogen and oxygen atoms in total. The lowest BCUT2D eigenvalue weighted by atomic mass is 9.99. The summed E-state index contributed by atoms with van der Waals surface area (Å²) in [5, 5.41) is 23.8. The molecule has 0 radical (unpaired) electrons. The van der Waals surface area contributed by atoms with Crippen LogP contribution in [-0.4, -0.2) is 52.8 Å². The molecule has 0 aromatic carbocycles. The van der Waals surface area contributed by atoms with Crippen molar-refractivity contribution in [3.8, 4) is 0 Å². The number of furan rings is 1. The molecule has 156 valence electrons. The van der Waals surface area contributed by atoms with E-state index in [1.165, 1.54) is 25.2 Å². The number of nitrogens with two attached hydrogens (primary N) is 1. The van der Waals surface area contributed by atoms with Crippen LogP contribution in [0.4, 0.5) is 0 Å². The van der Waals surface area contributed by atoms with Crippen LogP contribution in [0.3, 0.4) is 0 Å². The van der Waals surface area contributed by atoms with Crippen LogP contribution in [0.1, 0.15) is 31.9 Å². The Morgan fingerprint density at radius 2 is 2.07 bits per heavy atom. The fourth-order valence-corrected chi connectivity index (χ4v) is 2.65. The first-order valence-corrected chi connectivity index (χ1v) is 8.08. The van der Waals surface area contributed by atoms with Gasteiger partial charge in [-0.05, 0) is 61.9 Å². The van der Waals surface area contributed by atoms with E-state index in [2.05, 4.69) is 16.9 Å². The highest BCUT2D eigenvalue weighted by Crippen LogP contribution is 2.16. The number of nitrogens with zero attached hydrogens (tertiary/aromatic N) is 4. The van der Waals surface area contributed by atoms with Crippen molar-refractivity contribution < 1.29 is 9.34 Å². The molecule has 1 fully saturated rings. The summed E-state index contributed by atoms with van der Waals surface area (Å²) in [5.41, 5.74) is 5.51. The predicted molar refractivity (Wildman–Crippen MR) is 121 cm³/mol. The smallest absolute Gasteiger partial charge is 0.431 e. The maximum absolute atomic E-state index is 11.2. The van der Waals surface area contributed by atoms with Gasteiger partial charge in [-0.15, -0.1) is 56.0 Å². The van der Waals surface area contributed by atoms with E-state index in [1.807, 2.05) is 0 Å². The molecular weight excluding hydrogens is 552 g/mol. The summed E-state index contributed by atoms with van der Waals surface area (Å²) in [6.45, 7) is 5.60. The lowest BCUT2D eigenvalue weighted by molar-refractivity contribution is -0.351. The first-order chi connectivity index (χ1) is 11.5. The second kappa shape index (κ2) is 14.1. The molecule has 1 aliphatic heterocycles. The van der Waals surface area contributed by atoms with E-state index < -0.39 is 10.8 Å². The van der Waals surface area contributed by atoms with Crippen LogP contribution in [0.15, 0.2) is 27.9 Å². The minimum atomic E-state index is -0.638. The zero-order chi connectivity index (χ0) is 17.5. The molecule has 0 bridgehead atoms. The summed E-state index contributed by atoms with van der Waals surface area (Å²) >= 11 is 0. The van der Waals surface area contributed by atoms with Gasteiger partial charge < -0.3 is 25.2 Å². The van der Waals surface area contributed by atoms with Crippen LogP contribution in [0, 0.1) is 21.4 Å². The van der Waals surface area contributed by atoms with Crippen LogP contribution < -0.4 is 5.73 Å². The Morgan fingerprint density at radius 3 is 2.56 bits per heavy atom. The van der Waals surface area contributed by atoms with Crippen LogP contribution >= 0.6 is 50.9 Å². The number of guanidine groups is 1. The average molecular weight is 579 g/mol. The molecule has 2 rings (SSSR count). The minimum absolute atomic E-state index is 0. The summed E-state index contributed by atoms with van der Waals surface area (Å²) in [5.74, 6) is 0.0296. The van der Waals surface area contributed by atoms with Crippen molar-refractivity contribution >= 4 is 62.7 Å². The van der Waals surface area contributed by atoms with Gasteiger partial charge in [0.1, 0.15) is 0 Å². The molecule has 1 saturated heterocycles. The number of piperidine rings is 1. The molecule has 3 N–H and O–H groups in total. The molecule has 1 aromatic heterocycles. The fraction of sp³-hybridized carbons (Fsp3) is 0.600. The van der Waals surface area contributed by atoms with Gasteiger partial charge in [-0.2, -0.15) is 0 Å². The highest BCUT2D eigenvalue weighted by Gasteiger charge is 2.24. The van der Waals surface area contributed by atoms with Gasteiger partial charge in [0.2, 0.25) is 11.7 Å². The number of hydrogen-bond donors (Lipinski definition) is 2. The Balaban J connectivity index is 0.